The Hall–Kier alpha value is -4.00. The van der Waals surface area contributed by atoms with Gasteiger partial charge in [-0.15, -0.1) is 10.2 Å². The minimum absolute atomic E-state index is 0.127. The second-order valence-corrected chi connectivity index (χ2v) is 7.21. The van der Waals surface area contributed by atoms with Crippen LogP contribution in [-0.2, 0) is 0 Å². The average Bonchev–Trinajstić information content (AvgIpc) is 3.15. The molecule has 0 spiro atoms. The summed E-state index contributed by atoms with van der Waals surface area (Å²) < 4.78 is 1.68. The van der Waals surface area contributed by atoms with Crippen molar-refractivity contribution in [2.45, 2.75) is 20.8 Å². The van der Waals surface area contributed by atoms with E-state index in [1.165, 1.54) is 0 Å². The average molecular weight is 398 g/mol. The van der Waals surface area contributed by atoms with Gasteiger partial charge in [0.2, 0.25) is 0 Å². The number of carbonyl (C=O) groups excluding carboxylic acids is 1. The van der Waals surface area contributed by atoms with E-state index in [0.29, 0.717) is 17.2 Å². The van der Waals surface area contributed by atoms with Crippen molar-refractivity contribution in [3.63, 3.8) is 0 Å². The van der Waals surface area contributed by atoms with Crippen LogP contribution in [0.25, 0.3) is 5.82 Å². The maximum absolute atomic E-state index is 12.5. The minimum atomic E-state index is -0.127. The van der Waals surface area contributed by atoms with E-state index < -0.39 is 0 Å². The summed E-state index contributed by atoms with van der Waals surface area (Å²) in [7, 11) is 0. The number of anilines is 3. The van der Waals surface area contributed by atoms with Crippen LogP contribution in [-0.4, -0.2) is 25.9 Å². The molecule has 0 aliphatic carbocycles. The van der Waals surface area contributed by atoms with Gasteiger partial charge in [0.1, 0.15) is 0 Å². The highest BCUT2D eigenvalue weighted by molar-refractivity contribution is 6.04. The third-order valence-corrected chi connectivity index (χ3v) is 4.51. The van der Waals surface area contributed by atoms with Crippen molar-refractivity contribution in [2.75, 3.05) is 10.6 Å². The summed E-state index contributed by atoms with van der Waals surface area (Å²) in [5.41, 5.74) is 5.27. The van der Waals surface area contributed by atoms with E-state index in [4.69, 9.17) is 0 Å². The Morgan fingerprint density at radius 2 is 1.53 bits per heavy atom. The van der Waals surface area contributed by atoms with E-state index in [1.54, 1.807) is 4.68 Å². The highest BCUT2D eigenvalue weighted by Gasteiger charge is 2.08. The monoisotopic (exact) mass is 398 g/mol. The van der Waals surface area contributed by atoms with Gasteiger partial charge >= 0.3 is 0 Å². The number of aromatic nitrogens is 4. The largest absolute Gasteiger partial charge is 0.339 e. The van der Waals surface area contributed by atoms with Crippen LogP contribution in [0.3, 0.4) is 0 Å². The predicted octanol–water partition coefficient (Wildman–Crippen LogP) is 4.58. The third-order valence-electron chi connectivity index (χ3n) is 4.51. The van der Waals surface area contributed by atoms with Gasteiger partial charge in [-0.05, 0) is 75.4 Å². The lowest BCUT2D eigenvalue weighted by atomic mass is 10.1. The molecule has 0 saturated heterocycles. The molecule has 0 saturated carbocycles. The molecule has 2 heterocycles. The zero-order valence-electron chi connectivity index (χ0n) is 17.0. The van der Waals surface area contributed by atoms with Crippen LogP contribution < -0.4 is 10.6 Å². The second-order valence-electron chi connectivity index (χ2n) is 7.21. The lowest BCUT2D eigenvalue weighted by molar-refractivity contribution is 0.102. The first-order chi connectivity index (χ1) is 14.5. The quantitative estimate of drug-likeness (QED) is 0.514. The smallest absolute Gasteiger partial charge is 0.255 e. The van der Waals surface area contributed by atoms with E-state index in [9.17, 15) is 4.79 Å². The fourth-order valence-electron chi connectivity index (χ4n) is 3.15. The predicted molar refractivity (Wildman–Crippen MR) is 117 cm³/mol. The topological polar surface area (TPSA) is 84.7 Å². The number of amides is 1. The molecule has 4 rings (SSSR count). The van der Waals surface area contributed by atoms with E-state index in [0.717, 1.165) is 28.2 Å². The number of hydrogen-bond acceptors (Lipinski definition) is 5. The number of nitrogens with one attached hydrogen (secondary N) is 2. The molecule has 7 nitrogen and oxygen atoms in total. The van der Waals surface area contributed by atoms with E-state index >= 15 is 0 Å². The highest BCUT2D eigenvalue weighted by atomic mass is 16.1. The summed E-state index contributed by atoms with van der Waals surface area (Å²) in [6.45, 7) is 5.89. The summed E-state index contributed by atoms with van der Waals surface area (Å²) in [5.74, 6) is 1.14. The molecule has 7 heteroatoms. The molecule has 4 aromatic rings. The fourth-order valence-corrected chi connectivity index (χ4v) is 3.15. The molecule has 30 heavy (non-hydrogen) atoms. The summed E-state index contributed by atoms with van der Waals surface area (Å²) in [4.78, 5) is 12.5. The summed E-state index contributed by atoms with van der Waals surface area (Å²) in [6, 6.07) is 18.9. The van der Waals surface area contributed by atoms with Crippen molar-refractivity contribution >= 4 is 23.1 Å². The maximum atomic E-state index is 12.5. The van der Waals surface area contributed by atoms with E-state index in [-0.39, 0.29) is 5.91 Å². The van der Waals surface area contributed by atoms with Crippen molar-refractivity contribution in [1.29, 1.82) is 0 Å². The lowest BCUT2D eigenvalue weighted by Gasteiger charge is -2.09. The molecule has 2 aromatic carbocycles. The van der Waals surface area contributed by atoms with Crippen molar-refractivity contribution in [1.82, 2.24) is 20.0 Å². The Balaban J connectivity index is 1.40. The molecule has 0 unspecified atom stereocenters. The van der Waals surface area contributed by atoms with Crippen molar-refractivity contribution in [3.8, 4) is 5.82 Å². The molecular formula is C23H22N6O. The van der Waals surface area contributed by atoms with Gasteiger partial charge in [-0.25, -0.2) is 4.68 Å². The van der Waals surface area contributed by atoms with Crippen LogP contribution >= 0.6 is 0 Å². The molecule has 0 aliphatic rings. The van der Waals surface area contributed by atoms with Gasteiger partial charge < -0.3 is 10.6 Å². The SMILES string of the molecule is Cc1cc(C)cc(C(=O)Nc2ccc(Nc3ccc(-n4ccc(C)n4)nn3)cc2)c1. The molecule has 0 radical (unpaired) electrons. The van der Waals surface area contributed by atoms with Gasteiger partial charge in [-0.2, -0.15) is 5.10 Å². The van der Waals surface area contributed by atoms with Crippen LogP contribution in [0, 0.1) is 20.8 Å². The van der Waals surface area contributed by atoms with Crippen molar-refractivity contribution in [2.24, 2.45) is 0 Å². The summed E-state index contributed by atoms with van der Waals surface area (Å²) in [5, 5.41) is 18.8. The van der Waals surface area contributed by atoms with Crippen molar-refractivity contribution in [3.05, 3.63) is 89.2 Å². The van der Waals surface area contributed by atoms with Gasteiger partial charge in [-0.3, -0.25) is 4.79 Å². The fraction of sp³-hybridized carbons (Fsp3) is 0.130. The molecule has 0 bridgehead atoms. The van der Waals surface area contributed by atoms with Crippen LogP contribution in [0.4, 0.5) is 17.2 Å². The van der Waals surface area contributed by atoms with E-state index in [1.807, 2.05) is 87.6 Å². The molecule has 2 aromatic heterocycles. The van der Waals surface area contributed by atoms with E-state index in [2.05, 4.69) is 25.9 Å². The van der Waals surface area contributed by atoms with Gasteiger partial charge in [0.25, 0.3) is 5.91 Å². The Morgan fingerprint density at radius 1 is 0.833 bits per heavy atom. The molecule has 2 N–H and O–H groups in total. The number of aryl methyl sites for hydroxylation is 3. The number of benzene rings is 2. The van der Waals surface area contributed by atoms with Gasteiger partial charge in [0.05, 0.1) is 5.69 Å². The first-order valence-corrected chi connectivity index (χ1v) is 9.59. The van der Waals surface area contributed by atoms with Gasteiger partial charge in [0.15, 0.2) is 11.6 Å². The van der Waals surface area contributed by atoms with Crippen LogP contribution in [0.5, 0.6) is 0 Å². The van der Waals surface area contributed by atoms with Crippen molar-refractivity contribution < 1.29 is 4.79 Å². The Labute approximate surface area is 174 Å². The van der Waals surface area contributed by atoms with Crippen LogP contribution in [0.1, 0.15) is 27.2 Å². The van der Waals surface area contributed by atoms with Gasteiger partial charge in [0, 0.05) is 23.1 Å². The second kappa shape index (κ2) is 8.16. The number of hydrogen-bond donors (Lipinski definition) is 2. The van der Waals surface area contributed by atoms with Crippen LogP contribution in [0.15, 0.2) is 66.9 Å². The number of nitrogens with zero attached hydrogens (tertiary/aromatic N) is 4. The zero-order chi connectivity index (χ0) is 21.1. The molecule has 0 fully saturated rings. The van der Waals surface area contributed by atoms with Crippen LogP contribution in [0.2, 0.25) is 0 Å². The Kier molecular flexibility index (Phi) is 5.26. The Bertz CT molecular complexity index is 1160. The molecule has 0 aliphatic heterocycles. The minimum Gasteiger partial charge on any atom is -0.339 e. The third kappa shape index (κ3) is 4.52. The number of carbonyl (C=O) groups is 1. The maximum Gasteiger partial charge on any atom is 0.255 e. The summed E-state index contributed by atoms with van der Waals surface area (Å²) in [6.07, 6.45) is 1.84. The number of rotatable bonds is 5. The summed E-state index contributed by atoms with van der Waals surface area (Å²) >= 11 is 0. The molecule has 0 atom stereocenters. The zero-order valence-corrected chi connectivity index (χ0v) is 17.0. The Morgan fingerprint density at radius 3 is 2.13 bits per heavy atom. The molecular weight excluding hydrogens is 376 g/mol. The standard InChI is InChI=1S/C23H22N6O/c1-15-12-16(2)14-18(13-15)23(30)25-20-6-4-19(5-7-20)24-21-8-9-22(27-26-21)29-11-10-17(3)28-29/h4-14H,1-3H3,(H,24,26)(H,25,30). The first-order valence-electron chi connectivity index (χ1n) is 9.59. The normalized spacial score (nSPS) is 10.6. The van der Waals surface area contributed by atoms with Gasteiger partial charge in [-0.1, -0.05) is 17.2 Å². The highest BCUT2D eigenvalue weighted by Crippen LogP contribution is 2.19. The lowest BCUT2D eigenvalue weighted by Crippen LogP contribution is -2.12. The molecule has 1 amide bonds. The first kappa shape index (κ1) is 19.3. The molecule has 150 valence electrons.